The first-order chi connectivity index (χ1) is 8.72. The number of hydrogen-bond acceptors (Lipinski definition) is 2. The third-order valence-electron chi connectivity index (χ3n) is 3.09. The minimum Gasteiger partial charge on any atom is -0.495 e. The van der Waals surface area contributed by atoms with Crippen LogP contribution in [0.15, 0.2) is 42.6 Å². The minimum absolute atomic E-state index is 0.418. The average Bonchev–Trinajstić information content (AvgIpc) is 2.72. The van der Waals surface area contributed by atoms with Crippen molar-refractivity contribution in [1.29, 1.82) is 0 Å². The lowest BCUT2D eigenvalue weighted by molar-refractivity contribution is 0.100. The first kappa shape index (κ1) is 10.7. The van der Waals surface area contributed by atoms with E-state index in [1.54, 1.807) is 7.11 Å². The number of aromatic nitrogens is 1. The van der Waals surface area contributed by atoms with Crippen molar-refractivity contribution < 1.29 is 9.53 Å². The summed E-state index contributed by atoms with van der Waals surface area (Å²) in [5, 5.41) is 0.859. The monoisotopic (exact) mass is 240 g/mol. The number of primary amides is 1. The summed E-state index contributed by atoms with van der Waals surface area (Å²) in [7, 11) is 1.61. The highest BCUT2D eigenvalue weighted by Gasteiger charge is 2.15. The van der Waals surface area contributed by atoms with Gasteiger partial charge in [-0.25, -0.2) is 0 Å². The van der Waals surface area contributed by atoms with E-state index in [1.807, 2.05) is 47.0 Å². The number of hydrogen-bond donors (Lipinski definition) is 1. The van der Waals surface area contributed by atoms with Crippen molar-refractivity contribution in [2.24, 2.45) is 5.73 Å². The summed E-state index contributed by atoms with van der Waals surface area (Å²) in [5.74, 6) is 0.318. The SMILES string of the molecule is COc1ccc2c(C(N)=O)c3ccccc3n2c1. The smallest absolute Gasteiger partial charge is 0.251 e. The number of methoxy groups -OCH3 is 1. The molecule has 0 saturated carbocycles. The molecule has 4 nitrogen and oxygen atoms in total. The minimum atomic E-state index is -0.418. The molecule has 0 aliphatic heterocycles. The van der Waals surface area contributed by atoms with Crippen LogP contribution in [0.3, 0.4) is 0 Å². The van der Waals surface area contributed by atoms with E-state index in [-0.39, 0.29) is 0 Å². The zero-order chi connectivity index (χ0) is 12.7. The molecule has 3 aromatic rings. The van der Waals surface area contributed by atoms with Gasteiger partial charge in [0.1, 0.15) is 5.75 Å². The van der Waals surface area contributed by atoms with Crippen LogP contribution in [0.2, 0.25) is 0 Å². The standard InChI is InChI=1S/C14H12N2O2/c1-18-9-6-7-12-13(14(15)17)10-4-2-3-5-11(10)16(12)8-9/h2-8H,1H3,(H2,15,17). The number of nitrogens with two attached hydrogens (primary N) is 1. The Morgan fingerprint density at radius 2 is 1.94 bits per heavy atom. The highest BCUT2D eigenvalue weighted by Crippen LogP contribution is 2.28. The molecule has 2 N–H and O–H groups in total. The molecule has 1 amide bonds. The summed E-state index contributed by atoms with van der Waals surface area (Å²) >= 11 is 0. The van der Waals surface area contributed by atoms with E-state index in [1.165, 1.54) is 0 Å². The van der Waals surface area contributed by atoms with Crippen LogP contribution >= 0.6 is 0 Å². The highest BCUT2D eigenvalue weighted by molar-refractivity contribution is 6.13. The molecule has 2 aromatic heterocycles. The zero-order valence-electron chi connectivity index (χ0n) is 9.88. The number of amides is 1. The summed E-state index contributed by atoms with van der Waals surface area (Å²) < 4.78 is 7.13. The van der Waals surface area contributed by atoms with E-state index in [2.05, 4.69) is 0 Å². The Morgan fingerprint density at radius 3 is 2.67 bits per heavy atom. The van der Waals surface area contributed by atoms with Crippen LogP contribution in [0.5, 0.6) is 5.75 Å². The molecule has 4 heteroatoms. The molecule has 0 aliphatic rings. The maximum atomic E-state index is 11.6. The van der Waals surface area contributed by atoms with Crippen molar-refractivity contribution in [3.8, 4) is 5.75 Å². The van der Waals surface area contributed by atoms with Gasteiger partial charge in [-0.05, 0) is 18.2 Å². The van der Waals surface area contributed by atoms with Gasteiger partial charge in [0.25, 0.3) is 5.91 Å². The summed E-state index contributed by atoms with van der Waals surface area (Å²) in [4.78, 5) is 11.6. The van der Waals surface area contributed by atoms with Gasteiger partial charge in [0.2, 0.25) is 0 Å². The molecule has 3 rings (SSSR count). The fourth-order valence-corrected chi connectivity index (χ4v) is 2.30. The van der Waals surface area contributed by atoms with Gasteiger partial charge >= 0.3 is 0 Å². The molecule has 0 spiro atoms. The van der Waals surface area contributed by atoms with Gasteiger partial charge in [-0.3, -0.25) is 4.79 Å². The molecule has 90 valence electrons. The van der Waals surface area contributed by atoms with Crippen molar-refractivity contribution in [3.05, 3.63) is 48.2 Å². The molecule has 1 aromatic carbocycles. The summed E-state index contributed by atoms with van der Waals surface area (Å²) in [6.45, 7) is 0. The lowest BCUT2D eigenvalue weighted by Crippen LogP contribution is -2.10. The molecule has 2 heterocycles. The highest BCUT2D eigenvalue weighted by atomic mass is 16.5. The summed E-state index contributed by atoms with van der Waals surface area (Å²) in [6.07, 6.45) is 1.85. The van der Waals surface area contributed by atoms with Gasteiger partial charge in [-0.15, -0.1) is 0 Å². The van der Waals surface area contributed by atoms with Gasteiger partial charge in [-0.1, -0.05) is 18.2 Å². The summed E-state index contributed by atoms with van der Waals surface area (Å²) in [5.41, 5.74) is 7.77. The van der Waals surface area contributed by atoms with E-state index >= 15 is 0 Å². The van der Waals surface area contributed by atoms with Crippen molar-refractivity contribution >= 4 is 22.3 Å². The van der Waals surface area contributed by atoms with Crippen LogP contribution in [0.25, 0.3) is 16.4 Å². The van der Waals surface area contributed by atoms with Gasteiger partial charge in [0.05, 0.1) is 29.9 Å². The fourth-order valence-electron chi connectivity index (χ4n) is 2.30. The lowest BCUT2D eigenvalue weighted by atomic mass is 10.1. The zero-order valence-corrected chi connectivity index (χ0v) is 9.88. The van der Waals surface area contributed by atoms with Crippen molar-refractivity contribution in [3.63, 3.8) is 0 Å². The number of pyridine rings is 1. The first-order valence-electron chi connectivity index (χ1n) is 5.59. The Bertz CT molecular complexity index is 759. The van der Waals surface area contributed by atoms with Crippen molar-refractivity contribution in [2.45, 2.75) is 0 Å². The number of nitrogens with zero attached hydrogens (tertiary/aromatic N) is 1. The maximum absolute atomic E-state index is 11.6. The predicted octanol–water partition coefficient (Wildman–Crippen LogP) is 2.20. The second kappa shape index (κ2) is 3.77. The predicted molar refractivity (Wildman–Crippen MR) is 70.0 cm³/mol. The fraction of sp³-hybridized carbons (Fsp3) is 0.0714. The molecule has 0 bridgehead atoms. The second-order valence-corrected chi connectivity index (χ2v) is 4.08. The topological polar surface area (TPSA) is 56.7 Å². The molecule has 0 atom stereocenters. The number of fused-ring (bicyclic) bond motifs is 3. The number of carbonyl (C=O) groups excluding carboxylic acids is 1. The van der Waals surface area contributed by atoms with E-state index < -0.39 is 5.91 Å². The van der Waals surface area contributed by atoms with Crippen LogP contribution in [0, 0.1) is 0 Å². The Morgan fingerprint density at radius 1 is 1.17 bits per heavy atom. The Labute approximate surface area is 104 Å². The average molecular weight is 240 g/mol. The Balaban J connectivity index is 2.53. The largest absolute Gasteiger partial charge is 0.495 e. The van der Waals surface area contributed by atoms with Crippen LogP contribution < -0.4 is 10.5 Å². The molecule has 0 fully saturated rings. The number of rotatable bonds is 2. The number of para-hydroxylation sites is 1. The quantitative estimate of drug-likeness (QED) is 0.746. The number of benzene rings is 1. The number of carbonyl (C=O) groups is 1. The van der Waals surface area contributed by atoms with E-state index in [4.69, 9.17) is 10.5 Å². The normalized spacial score (nSPS) is 10.9. The maximum Gasteiger partial charge on any atom is 0.251 e. The Kier molecular flexibility index (Phi) is 2.23. The second-order valence-electron chi connectivity index (χ2n) is 4.08. The third-order valence-corrected chi connectivity index (χ3v) is 3.09. The molecule has 18 heavy (non-hydrogen) atoms. The third kappa shape index (κ3) is 1.35. The van der Waals surface area contributed by atoms with E-state index in [0.717, 1.165) is 22.2 Å². The van der Waals surface area contributed by atoms with E-state index in [9.17, 15) is 4.79 Å². The first-order valence-corrected chi connectivity index (χ1v) is 5.59. The van der Waals surface area contributed by atoms with Gasteiger partial charge in [0, 0.05) is 5.39 Å². The van der Waals surface area contributed by atoms with E-state index in [0.29, 0.717) is 5.56 Å². The van der Waals surface area contributed by atoms with Gasteiger partial charge in [0.15, 0.2) is 0 Å². The summed E-state index contributed by atoms with van der Waals surface area (Å²) in [6, 6.07) is 11.3. The molecular weight excluding hydrogens is 228 g/mol. The molecule has 0 unspecified atom stereocenters. The molecule has 0 aliphatic carbocycles. The van der Waals surface area contributed by atoms with Crippen molar-refractivity contribution in [2.75, 3.05) is 7.11 Å². The molecule has 0 radical (unpaired) electrons. The van der Waals surface area contributed by atoms with Crippen LogP contribution in [-0.4, -0.2) is 17.4 Å². The lowest BCUT2D eigenvalue weighted by Gasteiger charge is -2.02. The molecule has 0 saturated heterocycles. The van der Waals surface area contributed by atoms with Gasteiger partial charge < -0.3 is 14.9 Å². The van der Waals surface area contributed by atoms with Crippen LogP contribution in [-0.2, 0) is 0 Å². The molecular formula is C14H12N2O2. The number of ether oxygens (including phenoxy) is 1. The van der Waals surface area contributed by atoms with Crippen LogP contribution in [0.4, 0.5) is 0 Å². The van der Waals surface area contributed by atoms with Gasteiger partial charge in [-0.2, -0.15) is 0 Å². The van der Waals surface area contributed by atoms with Crippen LogP contribution in [0.1, 0.15) is 10.4 Å². The Hall–Kier alpha value is -2.49. The van der Waals surface area contributed by atoms with Crippen molar-refractivity contribution in [1.82, 2.24) is 4.40 Å².